The molecule has 0 spiro atoms. The Bertz CT molecular complexity index is 552. The number of nitrogens with one attached hydrogen (secondary N) is 1. The van der Waals surface area contributed by atoms with Crippen molar-refractivity contribution in [2.45, 2.75) is 51.0 Å². The lowest BCUT2D eigenvalue weighted by atomic mass is 9.75. The van der Waals surface area contributed by atoms with Gasteiger partial charge in [-0.15, -0.1) is 11.3 Å². The smallest absolute Gasteiger partial charge is 0.243 e. The molecule has 0 radical (unpaired) electrons. The van der Waals surface area contributed by atoms with E-state index in [2.05, 4.69) is 19.2 Å². The van der Waals surface area contributed by atoms with Gasteiger partial charge in [-0.3, -0.25) is 0 Å². The highest BCUT2D eigenvalue weighted by Gasteiger charge is 2.36. The molecule has 4 nitrogen and oxygen atoms in total. The van der Waals surface area contributed by atoms with E-state index < -0.39 is 10.0 Å². The molecule has 21 heavy (non-hydrogen) atoms. The molecule has 1 aromatic heterocycles. The van der Waals surface area contributed by atoms with Gasteiger partial charge in [-0.1, -0.05) is 26.7 Å². The van der Waals surface area contributed by atoms with Crippen LogP contribution >= 0.6 is 11.3 Å². The SMILES string of the molecule is CCC1(CC)CCN(S(=O)(=O)c2csc(CNC)c2)CC1. The van der Waals surface area contributed by atoms with Crippen molar-refractivity contribution >= 4 is 21.4 Å². The lowest BCUT2D eigenvalue weighted by molar-refractivity contribution is 0.141. The van der Waals surface area contributed by atoms with Gasteiger partial charge in [-0.25, -0.2) is 8.42 Å². The second-order valence-corrected chi connectivity index (χ2v) is 8.82. The van der Waals surface area contributed by atoms with Crippen molar-refractivity contribution in [1.29, 1.82) is 0 Å². The van der Waals surface area contributed by atoms with Crippen LogP contribution in [0.15, 0.2) is 16.3 Å². The summed E-state index contributed by atoms with van der Waals surface area (Å²) in [5.41, 5.74) is 0.345. The second kappa shape index (κ2) is 6.77. The third-order valence-electron chi connectivity index (χ3n) is 4.90. The maximum Gasteiger partial charge on any atom is 0.243 e. The van der Waals surface area contributed by atoms with Crippen LogP contribution in [-0.2, 0) is 16.6 Å². The Morgan fingerprint density at radius 1 is 1.29 bits per heavy atom. The zero-order valence-corrected chi connectivity index (χ0v) is 14.8. The van der Waals surface area contributed by atoms with Crippen molar-refractivity contribution in [3.05, 3.63) is 16.3 Å². The predicted octanol–water partition coefficient (Wildman–Crippen LogP) is 3.06. The summed E-state index contributed by atoms with van der Waals surface area (Å²) in [7, 11) is -1.44. The highest BCUT2D eigenvalue weighted by molar-refractivity contribution is 7.89. The summed E-state index contributed by atoms with van der Waals surface area (Å²) >= 11 is 1.51. The van der Waals surface area contributed by atoms with Crippen LogP contribution in [0.1, 0.15) is 44.4 Å². The van der Waals surface area contributed by atoms with E-state index in [0.29, 0.717) is 23.4 Å². The van der Waals surface area contributed by atoms with Gasteiger partial charge in [-0.05, 0) is 31.4 Å². The maximum atomic E-state index is 12.7. The van der Waals surface area contributed by atoms with Gasteiger partial charge in [0.25, 0.3) is 0 Å². The Morgan fingerprint density at radius 2 is 1.90 bits per heavy atom. The molecule has 0 atom stereocenters. The van der Waals surface area contributed by atoms with Crippen LogP contribution in [0.2, 0.25) is 0 Å². The Kier molecular flexibility index (Phi) is 5.46. The number of rotatable bonds is 6. The second-order valence-electron chi connectivity index (χ2n) is 5.89. The lowest BCUT2D eigenvalue weighted by Crippen LogP contribution is -2.42. The summed E-state index contributed by atoms with van der Waals surface area (Å²) in [6, 6.07) is 1.80. The van der Waals surface area contributed by atoms with Crippen LogP contribution < -0.4 is 5.32 Å². The molecule has 1 aromatic rings. The molecular formula is C15H26N2O2S2. The maximum absolute atomic E-state index is 12.7. The predicted molar refractivity (Wildman–Crippen MR) is 88.1 cm³/mol. The van der Waals surface area contributed by atoms with E-state index in [0.717, 1.165) is 37.1 Å². The van der Waals surface area contributed by atoms with Gasteiger partial charge in [0.1, 0.15) is 0 Å². The number of hydrogen-bond acceptors (Lipinski definition) is 4. The van der Waals surface area contributed by atoms with E-state index in [1.807, 2.05) is 7.05 Å². The van der Waals surface area contributed by atoms with E-state index in [-0.39, 0.29) is 0 Å². The molecule has 0 saturated carbocycles. The minimum atomic E-state index is -3.31. The monoisotopic (exact) mass is 330 g/mol. The highest BCUT2D eigenvalue weighted by atomic mass is 32.2. The minimum absolute atomic E-state index is 0.345. The summed E-state index contributed by atoms with van der Waals surface area (Å²) in [4.78, 5) is 1.52. The van der Waals surface area contributed by atoms with E-state index in [4.69, 9.17) is 0 Å². The summed E-state index contributed by atoms with van der Waals surface area (Å²) in [6.07, 6.45) is 4.24. The van der Waals surface area contributed by atoms with E-state index in [9.17, 15) is 8.42 Å². The number of hydrogen-bond donors (Lipinski definition) is 1. The summed E-state index contributed by atoms with van der Waals surface area (Å²) in [6.45, 7) is 6.46. The Hall–Kier alpha value is -0.430. The Balaban J connectivity index is 2.10. The molecule has 0 aromatic carbocycles. The molecule has 120 valence electrons. The van der Waals surface area contributed by atoms with E-state index in [1.54, 1.807) is 15.8 Å². The Labute approximate surface area is 132 Å². The summed E-state index contributed by atoms with van der Waals surface area (Å²) < 4.78 is 27.1. The van der Waals surface area contributed by atoms with Crippen LogP contribution in [0.25, 0.3) is 0 Å². The quantitative estimate of drug-likeness (QED) is 0.872. The topological polar surface area (TPSA) is 49.4 Å². The van der Waals surface area contributed by atoms with Crippen molar-refractivity contribution in [2.24, 2.45) is 5.41 Å². The van der Waals surface area contributed by atoms with Crippen molar-refractivity contribution in [3.8, 4) is 0 Å². The van der Waals surface area contributed by atoms with Gasteiger partial charge in [0, 0.05) is 29.9 Å². The fourth-order valence-corrected chi connectivity index (χ4v) is 5.79. The number of thiophene rings is 1. The van der Waals surface area contributed by atoms with Crippen molar-refractivity contribution in [1.82, 2.24) is 9.62 Å². The third-order valence-corrected chi connectivity index (χ3v) is 7.86. The van der Waals surface area contributed by atoms with Gasteiger partial charge < -0.3 is 5.32 Å². The molecule has 1 saturated heterocycles. The molecule has 0 aliphatic carbocycles. The number of nitrogens with zero attached hydrogens (tertiary/aromatic N) is 1. The molecule has 6 heteroatoms. The normalized spacial score (nSPS) is 19.8. The molecule has 0 bridgehead atoms. The zero-order chi connectivity index (χ0) is 15.5. The van der Waals surface area contributed by atoms with E-state index >= 15 is 0 Å². The average Bonchev–Trinajstić information content (AvgIpc) is 2.97. The van der Waals surface area contributed by atoms with Crippen molar-refractivity contribution in [3.63, 3.8) is 0 Å². The van der Waals surface area contributed by atoms with Crippen LogP contribution in [-0.4, -0.2) is 32.9 Å². The molecule has 0 amide bonds. The minimum Gasteiger partial charge on any atom is -0.315 e. The van der Waals surface area contributed by atoms with Crippen molar-refractivity contribution in [2.75, 3.05) is 20.1 Å². The molecule has 1 N–H and O–H groups in total. The molecule has 1 fully saturated rings. The largest absolute Gasteiger partial charge is 0.315 e. The average molecular weight is 331 g/mol. The first kappa shape index (κ1) is 16.9. The Morgan fingerprint density at radius 3 is 2.43 bits per heavy atom. The first-order valence-electron chi connectivity index (χ1n) is 7.69. The molecular weight excluding hydrogens is 304 g/mol. The van der Waals surface area contributed by atoms with Crippen LogP contribution in [0.4, 0.5) is 0 Å². The van der Waals surface area contributed by atoms with Gasteiger partial charge in [0.05, 0.1) is 4.90 Å². The number of sulfonamides is 1. The first-order valence-corrected chi connectivity index (χ1v) is 10.0. The highest BCUT2D eigenvalue weighted by Crippen LogP contribution is 2.39. The van der Waals surface area contributed by atoms with Gasteiger partial charge in [-0.2, -0.15) is 4.31 Å². The number of piperidine rings is 1. The first-order chi connectivity index (χ1) is 9.97. The molecule has 1 aliphatic heterocycles. The van der Waals surface area contributed by atoms with Gasteiger partial charge in [0.15, 0.2) is 0 Å². The third kappa shape index (κ3) is 3.50. The van der Waals surface area contributed by atoms with Crippen LogP contribution in [0.3, 0.4) is 0 Å². The van der Waals surface area contributed by atoms with Crippen molar-refractivity contribution < 1.29 is 8.42 Å². The van der Waals surface area contributed by atoms with Gasteiger partial charge >= 0.3 is 0 Å². The van der Waals surface area contributed by atoms with Crippen LogP contribution in [0.5, 0.6) is 0 Å². The molecule has 2 rings (SSSR count). The van der Waals surface area contributed by atoms with Gasteiger partial charge in [0.2, 0.25) is 10.0 Å². The molecule has 2 heterocycles. The summed E-state index contributed by atoms with van der Waals surface area (Å²) in [5, 5.41) is 4.82. The zero-order valence-electron chi connectivity index (χ0n) is 13.2. The van der Waals surface area contributed by atoms with E-state index in [1.165, 1.54) is 11.3 Å². The summed E-state index contributed by atoms with van der Waals surface area (Å²) in [5.74, 6) is 0. The fraction of sp³-hybridized carbons (Fsp3) is 0.733. The standard InChI is InChI=1S/C15H26N2O2S2/c1-4-15(5-2)6-8-17(9-7-15)21(18,19)14-10-13(11-16-3)20-12-14/h10,12,16H,4-9,11H2,1-3H3. The van der Waals surface area contributed by atoms with Crippen LogP contribution in [0, 0.1) is 5.41 Å². The molecule has 0 unspecified atom stereocenters. The fourth-order valence-electron chi connectivity index (χ4n) is 3.07. The molecule has 1 aliphatic rings. The lowest BCUT2D eigenvalue weighted by Gasteiger charge is -2.40.